The molecule has 0 fully saturated rings. The number of pyridine rings is 1. The lowest BCUT2D eigenvalue weighted by atomic mass is 10.2. The maximum atomic E-state index is 10.9. The maximum absolute atomic E-state index is 10.9. The number of aliphatic hydroxyl groups is 1. The van der Waals surface area contributed by atoms with Crippen molar-refractivity contribution in [1.82, 2.24) is 4.98 Å². The largest absolute Gasteiger partial charge is 0.478 e. The van der Waals surface area contributed by atoms with Gasteiger partial charge in [0.2, 0.25) is 0 Å². The van der Waals surface area contributed by atoms with Crippen LogP contribution in [0.4, 0.5) is 5.82 Å². The van der Waals surface area contributed by atoms with E-state index in [1.807, 2.05) is 11.8 Å². The Morgan fingerprint density at radius 1 is 1.41 bits per heavy atom. The number of anilines is 1. The Morgan fingerprint density at radius 2 is 2.12 bits per heavy atom. The van der Waals surface area contributed by atoms with E-state index in [4.69, 9.17) is 10.2 Å². The molecule has 5 nitrogen and oxygen atoms in total. The first-order chi connectivity index (χ1) is 8.08. The van der Waals surface area contributed by atoms with Crippen LogP contribution < -0.4 is 4.90 Å². The van der Waals surface area contributed by atoms with Crippen molar-refractivity contribution in [1.29, 1.82) is 0 Å². The Labute approximate surface area is 101 Å². The van der Waals surface area contributed by atoms with Crippen molar-refractivity contribution in [3.05, 3.63) is 23.4 Å². The molecule has 0 aromatic carbocycles. The highest BCUT2D eigenvalue weighted by atomic mass is 16.4. The van der Waals surface area contributed by atoms with Crippen LogP contribution >= 0.6 is 0 Å². The van der Waals surface area contributed by atoms with E-state index in [2.05, 4.69) is 4.98 Å². The van der Waals surface area contributed by atoms with Crippen LogP contribution in [0.15, 0.2) is 12.1 Å². The topological polar surface area (TPSA) is 73.7 Å². The van der Waals surface area contributed by atoms with Gasteiger partial charge in [-0.3, -0.25) is 0 Å². The predicted molar refractivity (Wildman–Crippen MR) is 65.5 cm³/mol. The summed E-state index contributed by atoms with van der Waals surface area (Å²) in [6.45, 7) is 5.02. The van der Waals surface area contributed by atoms with Crippen LogP contribution in [0, 0.1) is 6.92 Å². The number of hydrogen-bond acceptors (Lipinski definition) is 4. The van der Waals surface area contributed by atoms with Crippen molar-refractivity contribution < 1.29 is 15.0 Å². The normalized spacial score (nSPS) is 10.3. The van der Waals surface area contributed by atoms with E-state index in [9.17, 15) is 4.79 Å². The minimum atomic E-state index is -0.961. The van der Waals surface area contributed by atoms with Crippen molar-refractivity contribution in [2.75, 3.05) is 24.6 Å². The molecule has 1 heterocycles. The van der Waals surface area contributed by atoms with Gasteiger partial charge in [0.15, 0.2) is 0 Å². The van der Waals surface area contributed by atoms with Gasteiger partial charge in [-0.25, -0.2) is 9.78 Å². The third-order valence-electron chi connectivity index (χ3n) is 2.37. The molecule has 0 aliphatic carbocycles. The second-order valence-corrected chi connectivity index (χ2v) is 3.87. The zero-order chi connectivity index (χ0) is 12.8. The summed E-state index contributed by atoms with van der Waals surface area (Å²) >= 11 is 0. The number of carbonyl (C=O) groups is 1. The van der Waals surface area contributed by atoms with E-state index in [0.717, 1.165) is 13.0 Å². The van der Waals surface area contributed by atoms with Crippen LogP contribution in [0.5, 0.6) is 0 Å². The third-order valence-corrected chi connectivity index (χ3v) is 2.37. The number of rotatable bonds is 6. The fourth-order valence-electron chi connectivity index (χ4n) is 1.67. The molecule has 0 radical (unpaired) electrons. The van der Waals surface area contributed by atoms with Crippen LogP contribution in [-0.4, -0.2) is 40.9 Å². The molecule has 94 valence electrons. The van der Waals surface area contributed by atoms with Crippen LogP contribution in [0.2, 0.25) is 0 Å². The molecular weight excluding hydrogens is 220 g/mol. The molecule has 0 amide bonds. The highest BCUT2D eigenvalue weighted by molar-refractivity contribution is 5.88. The smallest absolute Gasteiger partial charge is 0.335 e. The van der Waals surface area contributed by atoms with Gasteiger partial charge in [0.05, 0.1) is 12.2 Å². The van der Waals surface area contributed by atoms with Gasteiger partial charge in [-0.1, -0.05) is 6.92 Å². The molecule has 1 aromatic heterocycles. The number of aryl methyl sites for hydroxylation is 1. The standard InChI is InChI=1S/C12H18N2O3/c1-3-4-14(5-6-15)11-8-10(12(16)17)7-9(2)13-11/h7-8,15H,3-6H2,1-2H3,(H,16,17). The summed E-state index contributed by atoms with van der Waals surface area (Å²) in [4.78, 5) is 17.1. The molecule has 5 heteroatoms. The maximum Gasteiger partial charge on any atom is 0.335 e. The van der Waals surface area contributed by atoms with E-state index < -0.39 is 5.97 Å². The molecule has 2 N–H and O–H groups in total. The Balaban J connectivity index is 3.04. The van der Waals surface area contributed by atoms with Gasteiger partial charge in [0.1, 0.15) is 5.82 Å². The first-order valence-corrected chi connectivity index (χ1v) is 5.66. The third kappa shape index (κ3) is 3.71. The van der Waals surface area contributed by atoms with Gasteiger partial charge in [0, 0.05) is 18.8 Å². The van der Waals surface area contributed by atoms with Gasteiger partial charge < -0.3 is 15.1 Å². The van der Waals surface area contributed by atoms with Crippen molar-refractivity contribution in [2.24, 2.45) is 0 Å². The van der Waals surface area contributed by atoms with Gasteiger partial charge in [0.25, 0.3) is 0 Å². The summed E-state index contributed by atoms with van der Waals surface area (Å²) in [5.41, 5.74) is 0.894. The number of aromatic carboxylic acids is 1. The second kappa shape index (κ2) is 6.20. The molecule has 0 aliphatic rings. The average Bonchev–Trinajstić information content (AvgIpc) is 2.28. The van der Waals surface area contributed by atoms with Crippen LogP contribution in [-0.2, 0) is 0 Å². The van der Waals surface area contributed by atoms with Crippen molar-refractivity contribution in [2.45, 2.75) is 20.3 Å². The Bertz CT molecular complexity index is 387. The minimum absolute atomic E-state index is 0.0258. The number of hydrogen-bond donors (Lipinski definition) is 2. The molecule has 0 atom stereocenters. The molecule has 0 spiro atoms. The lowest BCUT2D eigenvalue weighted by Crippen LogP contribution is -2.28. The zero-order valence-corrected chi connectivity index (χ0v) is 10.2. The van der Waals surface area contributed by atoms with Crippen molar-refractivity contribution in [3.63, 3.8) is 0 Å². The quantitative estimate of drug-likeness (QED) is 0.781. The monoisotopic (exact) mass is 238 g/mol. The summed E-state index contributed by atoms with van der Waals surface area (Å²) in [6.07, 6.45) is 0.915. The first-order valence-electron chi connectivity index (χ1n) is 5.66. The average molecular weight is 238 g/mol. The van der Waals surface area contributed by atoms with Gasteiger partial charge >= 0.3 is 5.97 Å². The molecule has 0 aliphatic heterocycles. The fraction of sp³-hybridized carbons (Fsp3) is 0.500. The van der Waals surface area contributed by atoms with E-state index >= 15 is 0 Å². The van der Waals surface area contributed by atoms with Crippen LogP contribution in [0.25, 0.3) is 0 Å². The summed E-state index contributed by atoms with van der Waals surface area (Å²) in [5.74, 6) is -0.351. The molecular formula is C12H18N2O3. The molecule has 0 saturated heterocycles. The van der Waals surface area contributed by atoms with E-state index in [1.54, 1.807) is 13.0 Å². The number of carboxylic acids is 1. The van der Waals surface area contributed by atoms with E-state index in [0.29, 0.717) is 18.1 Å². The van der Waals surface area contributed by atoms with E-state index in [1.165, 1.54) is 6.07 Å². The SMILES string of the molecule is CCCN(CCO)c1cc(C(=O)O)cc(C)n1. The second-order valence-electron chi connectivity index (χ2n) is 3.87. The van der Waals surface area contributed by atoms with Crippen LogP contribution in [0.1, 0.15) is 29.4 Å². The lowest BCUT2D eigenvalue weighted by molar-refractivity contribution is 0.0696. The fourth-order valence-corrected chi connectivity index (χ4v) is 1.67. The van der Waals surface area contributed by atoms with E-state index in [-0.39, 0.29) is 12.2 Å². The molecule has 0 bridgehead atoms. The minimum Gasteiger partial charge on any atom is -0.478 e. The summed E-state index contributed by atoms with van der Waals surface area (Å²) < 4.78 is 0. The highest BCUT2D eigenvalue weighted by Gasteiger charge is 2.11. The lowest BCUT2D eigenvalue weighted by Gasteiger charge is -2.22. The Hall–Kier alpha value is -1.62. The Kier molecular flexibility index (Phi) is 4.90. The summed E-state index contributed by atoms with van der Waals surface area (Å²) in [6, 6.07) is 3.08. The number of nitrogens with zero attached hydrogens (tertiary/aromatic N) is 2. The number of aliphatic hydroxyl groups excluding tert-OH is 1. The van der Waals surface area contributed by atoms with Gasteiger partial charge in [-0.05, 0) is 25.5 Å². The Morgan fingerprint density at radius 3 is 2.65 bits per heavy atom. The molecule has 1 rings (SSSR count). The summed E-state index contributed by atoms with van der Waals surface area (Å²) in [5, 5.41) is 18.0. The first kappa shape index (κ1) is 13.4. The predicted octanol–water partition coefficient (Wildman–Crippen LogP) is 1.30. The molecule has 0 saturated carbocycles. The molecule has 17 heavy (non-hydrogen) atoms. The number of aromatic nitrogens is 1. The molecule has 1 aromatic rings. The summed E-state index contributed by atoms with van der Waals surface area (Å²) in [7, 11) is 0. The zero-order valence-electron chi connectivity index (χ0n) is 10.2. The molecule has 0 unspecified atom stereocenters. The van der Waals surface area contributed by atoms with Gasteiger partial charge in [-0.15, -0.1) is 0 Å². The van der Waals surface area contributed by atoms with Gasteiger partial charge in [-0.2, -0.15) is 0 Å². The number of carboxylic acid groups (broad SMARTS) is 1. The highest BCUT2D eigenvalue weighted by Crippen LogP contribution is 2.15. The van der Waals surface area contributed by atoms with Crippen molar-refractivity contribution in [3.8, 4) is 0 Å². The van der Waals surface area contributed by atoms with Crippen molar-refractivity contribution >= 4 is 11.8 Å². The van der Waals surface area contributed by atoms with Crippen LogP contribution in [0.3, 0.4) is 0 Å².